The van der Waals surface area contributed by atoms with Gasteiger partial charge in [0, 0.05) is 43.7 Å². The summed E-state index contributed by atoms with van der Waals surface area (Å²) in [4.78, 5) is 30.1. The molecule has 1 aliphatic carbocycles. The summed E-state index contributed by atoms with van der Waals surface area (Å²) in [5, 5.41) is 12.5. The van der Waals surface area contributed by atoms with E-state index in [0.29, 0.717) is 34.3 Å². The molecule has 0 bridgehead atoms. The maximum atomic E-state index is 13.0. The standard InChI is InChI=1S/C27H31ClN4O2/c1-19-17-31(13-14-32(19)27(34)21-8-3-2-4-9-21)18-23-11-6-12-24(25(23)28)30-26(33)22-10-5-7-20(15-22)16-29/h5-7,10-12,15,19,21H,2-4,8-9,13-14,17-18H2,1H3,(H,30,33)/t19-/m0/s1. The summed E-state index contributed by atoms with van der Waals surface area (Å²) in [5.74, 6) is 0.223. The third-order valence-electron chi connectivity index (χ3n) is 6.92. The molecule has 2 amide bonds. The number of rotatable bonds is 5. The van der Waals surface area contributed by atoms with E-state index in [-0.39, 0.29) is 17.9 Å². The summed E-state index contributed by atoms with van der Waals surface area (Å²) < 4.78 is 0. The molecule has 2 aromatic carbocycles. The third-order valence-corrected chi connectivity index (χ3v) is 7.37. The monoisotopic (exact) mass is 478 g/mol. The number of carbonyl (C=O) groups excluding carboxylic acids is 2. The van der Waals surface area contributed by atoms with Gasteiger partial charge in [-0.1, -0.05) is 49.1 Å². The highest BCUT2D eigenvalue weighted by Gasteiger charge is 2.32. The molecule has 1 saturated heterocycles. The molecular weight excluding hydrogens is 448 g/mol. The van der Waals surface area contributed by atoms with Crippen molar-refractivity contribution >= 4 is 29.1 Å². The van der Waals surface area contributed by atoms with Crippen molar-refractivity contribution in [2.24, 2.45) is 5.92 Å². The number of nitriles is 1. The molecule has 6 nitrogen and oxygen atoms in total. The van der Waals surface area contributed by atoms with Gasteiger partial charge in [-0.25, -0.2) is 0 Å². The topological polar surface area (TPSA) is 76.4 Å². The van der Waals surface area contributed by atoms with Gasteiger partial charge < -0.3 is 10.2 Å². The van der Waals surface area contributed by atoms with Gasteiger partial charge in [0.25, 0.3) is 5.91 Å². The zero-order valence-corrected chi connectivity index (χ0v) is 20.4. The number of amides is 2. The smallest absolute Gasteiger partial charge is 0.255 e. The van der Waals surface area contributed by atoms with Gasteiger partial charge in [0.1, 0.15) is 0 Å². The lowest BCUT2D eigenvalue weighted by atomic mass is 9.88. The molecule has 2 aliphatic rings. The van der Waals surface area contributed by atoms with Gasteiger partial charge >= 0.3 is 0 Å². The molecule has 0 aromatic heterocycles. The van der Waals surface area contributed by atoms with E-state index >= 15 is 0 Å². The summed E-state index contributed by atoms with van der Waals surface area (Å²) in [5.41, 5.74) is 2.33. The molecule has 1 heterocycles. The molecule has 2 fully saturated rings. The minimum absolute atomic E-state index is 0.164. The third kappa shape index (κ3) is 5.60. The van der Waals surface area contributed by atoms with E-state index in [1.54, 1.807) is 30.3 Å². The first-order valence-corrected chi connectivity index (χ1v) is 12.5. The maximum Gasteiger partial charge on any atom is 0.255 e. The van der Waals surface area contributed by atoms with Crippen LogP contribution in [0.5, 0.6) is 0 Å². The molecule has 0 spiro atoms. The quantitative estimate of drug-likeness (QED) is 0.650. The minimum Gasteiger partial charge on any atom is -0.337 e. The van der Waals surface area contributed by atoms with E-state index in [9.17, 15) is 9.59 Å². The van der Waals surface area contributed by atoms with Crippen LogP contribution in [-0.4, -0.2) is 47.3 Å². The van der Waals surface area contributed by atoms with Gasteiger partial charge in [-0.3, -0.25) is 14.5 Å². The molecular formula is C27H31ClN4O2. The number of benzene rings is 2. The summed E-state index contributed by atoms with van der Waals surface area (Å²) in [7, 11) is 0. The van der Waals surface area contributed by atoms with Gasteiger partial charge in [-0.2, -0.15) is 5.26 Å². The van der Waals surface area contributed by atoms with E-state index in [0.717, 1.165) is 38.0 Å². The number of nitrogens with zero attached hydrogens (tertiary/aromatic N) is 3. The van der Waals surface area contributed by atoms with Crippen molar-refractivity contribution in [3.05, 3.63) is 64.2 Å². The number of hydrogen-bond acceptors (Lipinski definition) is 4. The first kappa shape index (κ1) is 24.3. The first-order chi connectivity index (χ1) is 16.5. The molecule has 1 atom stereocenters. The van der Waals surface area contributed by atoms with Gasteiger partial charge in [0.2, 0.25) is 5.91 Å². The predicted molar refractivity (Wildman–Crippen MR) is 134 cm³/mol. The van der Waals surface area contributed by atoms with Crippen LogP contribution in [0.3, 0.4) is 0 Å². The molecule has 1 saturated carbocycles. The molecule has 2 aromatic rings. The lowest BCUT2D eigenvalue weighted by molar-refractivity contribution is -0.141. The van der Waals surface area contributed by atoms with Crippen LogP contribution in [0.1, 0.15) is 60.5 Å². The van der Waals surface area contributed by atoms with Crippen molar-refractivity contribution in [1.29, 1.82) is 5.26 Å². The fourth-order valence-corrected chi connectivity index (χ4v) is 5.28. The molecule has 0 radical (unpaired) electrons. The Hall–Kier alpha value is -2.88. The van der Waals surface area contributed by atoms with Crippen LogP contribution in [-0.2, 0) is 11.3 Å². The molecule has 1 N–H and O–H groups in total. The normalized spacial score (nSPS) is 19.4. The number of carbonyl (C=O) groups is 2. The Bertz CT molecular complexity index is 1090. The zero-order valence-electron chi connectivity index (χ0n) is 19.6. The summed E-state index contributed by atoms with van der Waals surface area (Å²) in [6.45, 7) is 5.12. The van der Waals surface area contributed by atoms with Crippen molar-refractivity contribution in [2.75, 3.05) is 25.0 Å². The van der Waals surface area contributed by atoms with E-state index in [1.165, 1.54) is 19.3 Å². The Morgan fingerprint density at radius 1 is 1.12 bits per heavy atom. The van der Waals surface area contributed by atoms with Crippen LogP contribution in [0.25, 0.3) is 0 Å². The fourth-order valence-electron chi connectivity index (χ4n) is 5.05. The largest absolute Gasteiger partial charge is 0.337 e. The Morgan fingerprint density at radius 3 is 2.62 bits per heavy atom. The van der Waals surface area contributed by atoms with Crippen molar-refractivity contribution in [2.45, 2.75) is 51.6 Å². The Morgan fingerprint density at radius 2 is 1.88 bits per heavy atom. The second-order valence-corrected chi connectivity index (χ2v) is 9.75. The summed E-state index contributed by atoms with van der Waals surface area (Å²) in [6, 6.07) is 14.4. The average molecular weight is 479 g/mol. The lowest BCUT2D eigenvalue weighted by Crippen LogP contribution is -2.55. The van der Waals surface area contributed by atoms with Gasteiger partial charge in [0.15, 0.2) is 0 Å². The second kappa shape index (κ2) is 11.0. The number of halogens is 1. The number of hydrogen-bond donors (Lipinski definition) is 1. The van der Waals surface area contributed by atoms with Gasteiger partial charge in [-0.05, 0) is 49.6 Å². The molecule has 7 heteroatoms. The molecule has 1 aliphatic heterocycles. The highest BCUT2D eigenvalue weighted by molar-refractivity contribution is 6.34. The van der Waals surface area contributed by atoms with E-state index in [4.69, 9.17) is 16.9 Å². The highest BCUT2D eigenvalue weighted by Crippen LogP contribution is 2.30. The first-order valence-electron chi connectivity index (χ1n) is 12.1. The van der Waals surface area contributed by atoms with Crippen LogP contribution < -0.4 is 5.32 Å². The predicted octanol–water partition coefficient (Wildman–Crippen LogP) is 5.08. The summed E-state index contributed by atoms with van der Waals surface area (Å²) in [6.07, 6.45) is 5.64. The molecule has 4 rings (SSSR count). The van der Waals surface area contributed by atoms with Gasteiger partial charge in [-0.15, -0.1) is 0 Å². The average Bonchev–Trinajstić information content (AvgIpc) is 2.86. The Labute approximate surface area is 206 Å². The van der Waals surface area contributed by atoms with Crippen LogP contribution in [0.4, 0.5) is 5.69 Å². The highest BCUT2D eigenvalue weighted by atomic mass is 35.5. The van der Waals surface area contributed by atoms with Crippen LogP contribution >= 0.6 is 11.6 Å². The van der Waals surface area contributed by atoms with Crippen LogP contribution in [0, 0.1) is 17.2 Å². The molecule has 34 heavy (non-hydrogen) atoms. The fraction of sp³-hybridized carbons (Fsp3) is 0.444. The minimum atomic E-state index is -0.306. The van der Waals surface area contributed by atoms with Crippen molar-refractivity contribution in [1.82, 2.24) is 9.80 Å². The molecule has 178 valence electrons. The Kier molecular flexibility index (Phi) is 7.87. The lowest BCUT2D eigenvalue weighted by Gasteiger charge is -2.42. The molecule has 0 unspecified atom stereocenters. The van der Waals surface area contributed by atoms with Crippen molar-refractivity contribution in [3.63, 3.8) is 0 Å². The van der Waals surface area contributed by atoms with Crippen LogP contribution in [0.15, 0.2) is 42.5 Å². The van der Waals surface area contributed by atoms with Gasteiger partial charge in [0.05, 0.1) is 22.3 Å². The van der Waals surface area contributed by atoms with Crippen LogP contribution in [0.2, 0.25) is 5.02 Å². The van der Waals surface area contributed by atoms with E-state index in [1.807, 2.05) is 18.2 Å². The SMILES string of the molecule is C[C@H]1CN(Cc2cccc(NC(=O)c3cccc(C#N)c3)c2Cl)CCN1C(=O)C1CCCCC1. The second-order valence-electron chi connectivity index (χ2n) is 9.38. The number of nitrogens with one attached hydrogen (secondary N) is 1. The zero-order chi connectivity index (χ0) is 24.1. The summed E-state index contributed by atoms with van der Waals surface area (Å²) >= 11 is 6.68. The van der Waals surface area contributed by atoms with Crippen molar-refractivity contribution < 1.29 is 9.59 Å². The maximum absolute atomic E-state index is 13.0. The number of anilines is 1. The van der Waals surface area contributed by atoms with E-state index in [2.05, 4.69) is 22.0 Å². The number of piperazine rings is 1. The van der Waals surface area contributed by atoms with Crippen molar-refractivity contribution in [3.8, 4) is 6.07 Å². The van der Waals surface area contributed by atoms with E-state index < -0.39 is 0 Å². The Balaban J connectivity index is 1.38.